The van der Waals surface area contributed by atoms with E-state index in [1.165, 1.54) is 186 Å². The summed E-state index contributed by atoms with van der Waals surface area (Å²) in [6.07, 6.45) is 48.1. The quantitative estimate of drug-likeness (QED) is 0.0345. The summed E-state index contributed by atoms with van der Waals surface area (Å²) in [6, 6.07) is 0. The van der Waals surface area contributed by atoms with Crippen LogP contribution in [0.2, 0.25) is 0 Å². The highest BCUT2D eigenvalue weighted by Crippen LogP contribution is 2.18. The van der Waals surface area contributed by atoms with E-state index in [1.807, 2.05) is 0 Å². The topological polar surface area (TPSA) is 78.9 Å². The molecule has 0 fully saturated rings. The average Bonchev–Trinajstić information content (AvgIpc) is 3.23. The van der Waals surface area contributed by atoms with Crippen molar-refractivity contribution >= 4 is 17.9 Å². The lowest BCUT2D eigenvalue weighted by atomic mass is 10.00. The van der Waals surface area contributed by atoms with E-state index >= 15 is 0 Å². The largest absolute Gasteiger partial charge is 0.462 e. The minimum atomic E-state index is -0.761. The van der Waals surface area contributed by atoms with Crippen LogP contribution < -0.4 is 0 Å². The zero-order valence-electron chi connectivity index (χ0n) is 41.1. The SMILES string of the molecule is CCCCCCCCCCCCCC(=O)O[C@@H](COC(=O)CCCCCCCCCCCCCCCCCCCCC(C)C)COC(=O)CCCCCCCCC(C)CC. The normalized spacial score (nSPS) is 12.5. The molecular weight excluding hydrogens is 745 g/mol. The Morgan fingerprint density at radius 2 is 0.633 bits per heavy atom. The van der Waals surface area contributed by atoms with Gasteiger partial charge in [-0.1, -0.05) is 259 Å². The highest BCUT2D eigenvalue weighted by Gasteiger charge is 2.19. The van der Waals surface area contributed by atoms with Gasteiger partial charge < -0.3 is 14.2 Å². The van der Waals surface area contributed by atoms with Gasteiger partial charge in [-0.25, -0.2) is 0 Å². The first-order valence-corrected chi connectivity index (χ1v) is 26.8. The third-order valence-corrected chi connectivity index (χ3v) is 12.6. The van der Waals surface area contributed by atoms with Gasteiger partial charge in [0.15, 0.2) is 6.10 Å². The van der Waals surface area contributed by atoms with E-state index in [1.54, 1.807) is 0 Å². The first kappa shape index (κ1) is 58.4. The van der Waals surface area contributed by atoms with Gasteiger partial charge >= 0.3 is 17.9 Å². The predicted octanol–water partition coefficient (Wildman–Crippen LogP) is 17.3. The highest BCUT2D eigenvalue weighted by atomic mass is 16.6. The van der Waals surface area contributed by atoms with E-state index < -0.39 is 6.10 Å². The summed E-state index contributed by atoms with van der Waals surface area (Å²) in [5.74, 6) is 0.823. The smallest absolute Gasteiger partial charge is 0.306 e. The third kappa shape index (κ3) is 45.9. The standard InChI is InChI=1S/C54H104O6/c1-6-8-9-10-11-12-21-26-29-36-41-46-54(57)60-51(48-59-53(56)45-40-35-31-30-33-38-43-50(5)7-2)47-58-52(55)44-39-34-28-25-23-20-18-16-14-13-15-17-19-22-24-27-32-37-42-49(3)4/h49-51H,6-48H2,1-5H3/t50?,51-/m0/s1. The van der Waals surface area contributed by atoms with Crippen LogP contribution in [0.1, 0.15) is 298 Å². The van der Waals surface area contributed by atoms with Crippen LogP contribution in [0.15, 0.2) is 0 Å². The summed E-state index contributed by atoms with van der Waals surface area (Å²) in [5.41, 5.74) is 0. The minimum absolute atomic E-state index is 0.0641. The minimum Gasteiger partial charge on any atom is -0.462 e. The summed E-state index contributed by atoms with van der Waals surface area (Å²) in [4.78, 5) is 37.9. The van der Waals surface area contributed by atoms with Crippen LogP contribution in [0.5, 0.6) is 0 Å². The van der Waals surface area contributed by atoms with E-state index in [9.17, 15) is 14.4 Å². The molecule has 0 aliphatic heterocycles. The fraction of sp³-hybridized carbons (Fsp3) is 0.944. The Balaban J connectivity index is 4.18. The van der Waals surface area contributed by atoms with Crippen LogP contribution in [0.3, 0.4) is 0 Å². The zero-order valence-corrected chi connectivity index (χ0v) is 41.1. The molecule has 6 nitrogen and oxygen atoms in total. The number of unbranched alkanes of at least 4 members (excludes halogenated alkanes) is 32. The summed E-state index contributed by atoms with van der Waals surface area (Å²) in [6.45, 7) is 11.4. The van der Waals surface area contributed by atoms with Crippen molar-refractivity contribution in [2.45, 2.75) is 304 Å². The van der Waals surface area contributed by atoms with Crippen LogP contribution in [-0.4, -0.2) is 37.2 Å². The molecule has 6 heteroatoms. The van der Waals surface area contributed by atoms with Gasteiger partial charge in [-0.05, 0) is 31.1 Å². The van der Waals surface area contributed by atoms with E-state index in [4.69, 9.17) is 14.2 Å². The van der Waals surface area contributed by atoms with Crippen LogP contribution in [0, 0.1) is 11.8 Å². The Labute approximate surface area is 374 Å². The Hall–Kier alpha value is -1.59. The van der Waals surface area contributed by atoms with Gasteiger partial charge in [0, 0.05) is 19.3 Å². The molecule has 0 radical (unpaired) electrons. The molecule has 0 bridgehead atoms. The van der Waals surface area contributed by atoms with E-state index in [2.05, 4.69) is 34.6 Å². The lowest BCUT2D eigenvalue weighted by molar-refractivity contribution is -0.167. The number of ether oxygens (including phenoxy) is 3. The molecular formula is C54H104O6. The van der Waals surface area contributed by atoms with Gasteiger partial charge in [-0.15, -0.1) is 0 Å². The number of hydrogen-bond acceptors (Lipinski definition) is 6. The molecule has 0 amide bonds. The second kappa shape index (κ2) is 46.9. The molecule has 60 heavy (non-hydrogen) atoms. The van der Waals surface area contributed by atoms with Gasteiger partial charge in [0.2, 0.25) is 0 Å². The van der Waals surface area contributed by atoms with Crippen molar-refractivity contribution in [1.82, 2.24) is 0 Å². The van der Waals surface area contributed by atoms with E-state index in [0.29, 0.717) is 19.3 Å². The van der Waals surface area contributed by atoms with Gasteiger partial charge in [0.05, 0.1) is 0 Å². The van der Waals surface area contributed by atoms with Crippen molar-refractivity contribution in [2.75, 3.05) is 13.2 Å². The molecule has 0 aromatic rings. The molecule has 0 rings (SSSR count). The maximum atomic E-state index is 12.7. The number of esters is 3. The lowest BCUT2D eigenvalue weighted by Gasteiger charge is -2.18. The fourth-order valence-electron chi connectivity index (χ4n) is 8.13. The average molecular weight is 849 g/mol. The Morgan fingerprint density at radius 3 is 0.950 bits per heavy atom. The maximum absolute atomic E-state index is 12.7. The number of carbonyl (C=O) groups excluding carboxylic acids is 3. The molecule has 0 saturated heterocycles. The summed E-state index contributed by atoms with van der Waals surface area (Å²) < 4.78 is 16.8. The monoisotopic (exact) mass is 849 g/mol. The Kier molecular flexibility index (Phi) is 45.7. The zero-order chi connectivity index (χ0) is 44.0. The van der Waals surface area contributed by atoms with Crippen LogP contribution >= 0.6 is 0 Å². The van der Waals surface area contributed by atoms with Crippen molar-refractivity contribution in [2.24, 2.45) is 11.8 Å². The molecule has 0 spiro atoms. The van der Waals surface area contributed by atoms with Crippen molar-refractivity contribution in [3.05, 3.63) is 0 Å². The molecule has 356 valence electrons. The van der Waals surface area contributed by atoms with Crippen LogP contribution in [0.4, 0.5) is 0 Å². The van der Waals surface area contributed by atoms with Crippen LogP contribution in [-0.2, 0) is 28.6 Å². The van der Waals surface area contributed by atoms with Gasteiger partial charge in [-0.2, -0.15) is 0 Å². The molecule has 1 unspecified atom stereocenters. The van der Waals surface area contributed by atoms with Crippen molar-refractivity contribution in [3.8, 4) is 0 Å². The molecule has 0 aromatic carbocycles. The second-order valence-electron chi connectivity index (χ2n) is 19.2. The van der Waals surface area contributed by atoms with Crippen LogP contribution in [0.25, 0.3) is 0 Å². The first-order valence-electron chi connectivity index (χ1n) is 26.8. The summed E-state index contributed by atoms with van der Waals surface area (Å²) >= 11 is 0. The Bertz CT molecular complexity index is 918. The first-order chi connectivity index (χ1) is 29.3. The molecule has 0 heterocycles. The molecule has 0 saturated carbocycles. The third-order valence-electron chi connectivity index (χ3n) is 12.6. The maximum Gasteiger partial charge on any atom is 0.306 e. The fourth-order valence-corrected chi connectivity index (χ4v) is 8.13. The second-order valence-corrected chi connectivity index (χ2v) is 19.2. The Morgan fingerprint density at radius 1 is 0.350 bits per heavy atom. The number of carbonyl (C=O) groups is 3. The van der Waals surface area contributed by atoms with Crippen molar-refractivity contribution < 1.29 is 28.6 Å². The summed E-state index contributed by atoms with van der Waals surface area (Å²) in [7, 11) is 0. The number of rotatable bonds is 48. The number of hydrogen-bond donors (Lipinski definition) is 0. The van der Waals surface area contributed by atoms with Crippen molar-refractivity contribution in [3.63, 3.8) is 0 Å². The molecule has 0 aliphatic carbocycles. The van der Waals surface area contributed by atoms with Crippen molar-refractivity contribution in [1.29, 1.82) is 0 Å². The van der Waals surface area contributed by atoms with Gasteiger partial charge in [-0.3, -0.25) is 14.4 Å². The predicted molar refractivity (Wildman–Crippen MR) is 256 cm³/mol. The lowest BCUT2D eigenvalue weighted by Crippen LogP contribution is -2.30. The molecule has 0 aliphatic rings. The van der Waals surface area contributed by atoms with E-state index in [-0.39, 0.29) is 31.1 Å². The molecule has 2 atom stereocenters. The molecule has 0 N–H and O–H groups in total. The van der Waals surface area contributed by atoms with Gasteiger partial charge in [0.25, 0.3) is 0 Å². The summed E-state index contributed by atoms with van der Waals surface area (Å²) in [5, 5.41) is 0. The van der Waals surface area contributed by atoms with Gasteiger partial charge in [0.1, 0.15) is 13.2 Å². The highest BCUT2D eigenvalue weighted by molar-refractivity contribution is 5.71. The van der Waals surface area contributed by atoms with E-state index in [0.717, 1.165) is 69.6 Å². The molecule has 0 aromatic heterocycles.